The second-order valence-corrected chi connectivity index (χ2v) is 9.71. The van der Waals surface area contributed by atoms with E-state index in [0.717, 1.165) is 8.78 Å². The fourth-order valence-corrected chi connectivity index (χ4v) is 4.72. The van der Waals surface area contributed by atoms with Crippen LogP contribution in [0, 0.1) is 0 Å². The molecule has 0 saturated carbocycles. The van der Waals surface area contributed by atoms with Crippen LogP contribution >= 0.6 is 15.9 Å². The predicted octanol–water partition coefficient (Wildman–Crippen LogP) is 4.20. The van der Waals surface area contributed by atoms with Crippen LogP contribution in [0.5, 0.6) is 11.5 Å². The van der Waals surface area contributed by atoms with Crippen LogP contribution < -0.4 is 19.2 Å². The molecule has 3 aromatic rings. The first-order valence-electron chi connectivity index (χ1n) is 10.3. The van der Waals surface area contributed by atoms with Gasteiger partial charge in [0.05, 0.1) is 30.5 Å². The van der Waals surface area contributed by atoms with Gasteiger partial charge in [0.1, 0.15) is 18.0 Å². The molecule has 0 aliphatic rings. The standard InChI is InChI=1S/C24H24BrN3O5S/c1-3-33-21-12-10-20(11-13-21)28(34(30,31)22-14-8-19(25)9-15-22)17-24(29)27-26-16-18-6-4-5-7-23(18)32-2/h4-16H,3,17H2,1-2H3,(H,27,29)/b26-16-. The zero-order valence-electron chi connectivity index (χ0n) is 18.6. The van der Waals surface area contributed by atoms with Gasteiger partial charge in [-0.15, -0.1) is 0 Å². The summed E-state index contributed by atoms with van der Waals surface area (Å²) in [6, 6.07) is 19.8. The topological polar surface area (TPSA) is 97.3 Å². The molecule has 3 rings (SSSR count). The van der Waals surface area contributed by atoms with Crippen LogP contribution in [0.1, 0.15) is 12.5 Å². The summed E-state index contributed by atoms with van der Waals surface area (Å²) in [5.74, 6) is 0.577. The number of rotatable bonds is 10. The summed E-state index contributed by atoms with van der Waals surface area (Å²) in [5.41, 5.74) is 3.36. The van der Waals surface area contributed by atoms with Gasteiger partial charge >= 0.3 is 0 Å². The molecule has 3 aromatic carbocycles. The molecule has 1 N–H and O–H groups in total. The highest BCUT2D eigenvalue weighted by atomic mass is 79.9. The number of nitrogens with zero attached hydrogens (tertiary/aromatic N) is 2. The van der Waals surface area contributed by atoms with E-state index in [0.29, 0.717) is 29.4 Å². The Bertz CT molecular complexity index is 1250. The molecule has 0 spiro atoms. The summed E-state index contributed by atoms with van der Waals surface area (Å²) in [6.45, 7) is 1.86. The average Bonchev–Trinajstić information content (AvgIpc) is 2.84. The minimum absolute atomic E-state index is 0.0508. The van der Waals surface area contributed by atoms with Gasteiger partial charge in [-0.25, -0.2) is 13.8 Å². The van der Waals surface area contributed by atoms with Gasteiger partial charge in [0.15, 0.2) is 0 Å². The molecule has 0 aliphatic carbocycles. The highest BCUT2D eigenvalue weighted by molar-refractivity contribution is 9.10. The molecule has 0 bridgehead atoms. The Kier molecular flexibility index (Phi) is 8.67. The normalized spacial score (nSPS) is 11.3. The van der Waals surface area contributed by atoms with E-state index in [2.05, 4.69) is 26.5 Å². The monoisotopic (exact) mass is 545 g/mol. The van der Waals surface area contributed by atoms with Gasteiger partial charge in [0.2, 0.25) is 0 Å². The third kappa shape index (κ3) is 6.36. The Morgan fingerprint density at radius 3 is 2.38 bits per heavy atom. The summed E-state index contributed by atoms with van der Waals surface area (Å²) in [6.07, 6.45) is 1.43. The van der Waals surface area contributed by atoms with Crippen LogP contribution in [0.15, 0.2) is 87.3 Å². The molecule has 34 heavy (non-hydrogen) atoms. The third-order valence-corrected chi connectivity index (χ3v) is 6.97. The van der Waals surface area contributed by atoms with Crippen LogP contribution in [0.2, 0.25) is 0 Å². The van der Waals surface area contributed by atoms with Crippen LogP contribution in [-0.2, 0) is 14.8 Å². The number of amides is 1. The number of carbonyl (C=O) groups is 1. The molecule has 0 atom stereocenters. The fraction of sp³-hybridized carbons (Fsp3) is 0.167. The van der Waals surface area contributed by atoms with Gasteiger partial charge in [0.25, 0.3) is 15.9 Å². The van der Waals surface area contributed by atoms with Gasteiger partial charge < -0.3 is 9.47 Å². The third-order valence-electron chi connectivity index (χ3n) is 4.66. The van der Waals surface area contributed by atoms with Crippen molar-refractivity contribution in [1.29, 1.82) is 0 Å². The van der Waals surface area contributed by atoms with Gasteiger partial charge in [0, 0.05) is 10.0 Å². The number of carbonyl (C=O) groups excluding carboxylic acids is 1. The Morgan fingerprint density at radius 1 is 1.06 bits per heavy atom. The van der Waals surface area contributed by atoms with E-state index in [1.807, 2.05) is 19.1 Å². The summed E-state index contributed by atoms with van der Waals surface area (Å²) in [7, 11) is -2.51. The molecule has 0 radical (unpaired) electrons. The molecular weight excluding hydrogens is 522 g/mol. The van der Waals surface area contributed by atoms with Crippen molar-refractivity contribution >= 4 is 43.8 Å². The van der Waals surface area contributed by atoms with Crippen molar-refractivity contribution in [3.05, 3.63) is 82.8 Å². The SMILES string of the molecule is CCOc1ccc(N(CC(=O)N/N=C\c2ccccc2OC)S(=O)(=O)c2ccc(Br)cc2)cc1. The predicted molar refractivity (Wildman–Crippen MR) is 135 cm³/mol. The maximum atomic E-state index is 13.4. The van der Waals surface area contributed by atoms with Crippen LogP contribution in [-0.4, -0.2) is 40.8 Å². The lowest BCUT2D eigenvalue weighted by Crippen LogP contribution is -2.39. The first-order valence-corrected chi connectivity index (χ1v) is 12.5. The van der Waals surface area contributed by atoms with E-state index in [1.165, 1.54) is 25.5 Å². The molecule has 10 heteroatoms. The lowest BCUT2D eigenvalue weighted by molar-refractivity contribution is -0.119. The van der Waals surface area contributed by atoms with Crippen LogP contribution in [0.4, 0.5) is 5.69 Å². The van der Waals surface area contributed by atoms with Crippen molar-refractivity contribution in [3.8, 4) is 11.5 Å². The average molecular weight is 546 g/mol. The van der Waals surface area contributed by atoms with Crippen molar-refractivity contribution in [3.63, 3.8) is 0 Å². The smallest absolute Gasteiger partial charge is 0.264 e. The van der Waals surface area contributed by atoms with Gasteiger partial charge in [-0.2, -0.15) is 5.10 Å². The number of anilines is 1. The number of hydrogen-bond donors (Lipinski definition) is 1. The quantitative estimate of drug-likeness (QED) is 0.304. The summed E-state index contributed by atoms with van der Waals surface area (Å²) >= 11 is 3.30. The highest BCUT2D eigenvalue weighted by Gasteiger charge is 2.27. The Balaban J connectivity index is 1.85. The van der Waals surface area contributed by atoms with Crippen LogP contribution in [0.25, 0.3) is 0 Å². The second kappa shape index (κ2) is 11.7. The molecule has 0 fully saturated rings. The molecule has 1 amide bonds. The Hall–Kier alpha value is -3.37. The number of hydrogen-bond acceptors (Lipinski definition) is 6. The zero-order valence-corrected chi connectivity index (χ0v) is 21.0. The lowest BCUT2D eigenvalue weighted by atomic mass is 10.2. The van der Waals surface area contributed by atoms with E-state index in [1.54, 1.807) is 48.5 Å². The van der Waals surface area contributed by atoms with E-state index in [9.17, 15) is 13.2 Å². The van der Waals surface area contributed by atoms with E-state index in [-0.39, 0.29) is 4.90 Å². The molecule has 0 unspecified atom stereocenters. The van der Waals surface area contributed by atoms with Crippen molar-refractivity contribution in [1.82, 2.24) is 5.43 Å². The molecule has 0 aliphatic heterocycles. The molecule has 178 valence electrons. The first-order chi connectivity index (χ1) is 16.3. The van der Waals surface area contributed by atoms with Gasteiger partial charge in [-0.3, -0.25) is 9.10 Å². The number of hydrazone groups is 1. The van der Waals surface area contributed by atoms with Crippen molar-refractivity contribution in [2.75, 3.05) is 24.6 Å². The molecular formula is C24H24BrN3O5S. The van der Waals surface area contributed by atoms with Gasteiger partial charge in [-0.1, -0.05) is 28.1 Å². The number of methoxy groups -OCH3 is 1. The minimum Gasteiger partial charge on any atom is -0.496 e. The summed E-state index contributed by atoms with van der Waals surface area (Å²) in [5, 5.41) is 3.95. The minimum atomic E-state index is -4.04. The molecule has 0 saturated heterocycles. The van der Waals surface area contributed by atoms with Gasteiger partial charge in [-0.05, 0) is 67.6 Å². The second-order valence-electron chi connectivity index (χ2n) is 6.93. The lowest BCUT2D eigenvalue weighted by Gasteiger charge is -2.24. The maximum Gasteiger partial charge on any atom is 0.264 e. The fourth-order valence-electron chi connectivity index (χ4n) is 3.04. The number of benzene rings is 3. The largest absolute Gasteiger partial charge is 0.496 e. The molecule has 8 nitrogen and oxygen atoms in total. The zero-order chi connectivity index (χ0) is 24.6. The number of para-hydroxylation sites is 1. The van der Waals surface area contributed by atoms with E-state index < -0.39 is 22.5 Å². The number of nitrogens with one attached hydrogen (secondary N) is 1. The Labute approximate surface area is 207 Å². The summed E-state index contributed by atoms with van der Waals surface area (Å²) in [4.78, 5) is 12.7. The maximum absolute atomic E-state index is 13.4. The molecule has 0 aromatic heterocycles. The summed E-state index contributed by atoms with van der Waals surface area (Å²) < 4.78 is 39.3. The number of ether oxygens (including phenoxy) is 2. The Morgan fingerprint density at radius 2 is 1.74 bits per heavy atom. The van der Waals surface area contributed by atoms with Crippen molar-refractivity contribution in [2.24, 2.45) is 5.10 Å². The highest BCUT2D eigenvalue weighted by Crippen LogP contribution is 2.26. The van der Waals surface area contributed by atoms with E-state index in [4.69, 9.17) is 9.47 Å². The number of sulfonamides is 1. The van der Waals surface area contributed by atoms with Crippen molar-refractivity contribution < 1.29 is 22.7 Å². The van der Waals surface area contributed by atoms with E-state index >= 15 is 0 Å². The first kappa shape index (κ1) is 25.3. The van der Waals surface area contributed by atoms with Crippen molar-refractivity contribution in [2.45, 2.75) is 11.8 Å². The van der Waals surface area contributed by atoms with Crippen LogP contribution in [0.3, 0.4) is 0 Å². The molecule has 0 heterocycles. The number of halogens is 1.